The Balaban J connectivity index is 1.60. The number of benzene rings is 1. The lowest BCUT2D eigenvalue weighted by Gasteiger charge is -2.16. The number of aryl methyl sites for hydroxylation is 1. The minimum absolute atomic E-state index is 0.386. The number of thioether (sulfide) groups is 1. The van der Waals surface area contributed by atoms with E-state index in [1.807, 2.05) is 30.3 Å². The molecule has 1 heterocycles. The van der Waals surface area contributed by atoms with Crippen molar-refractivity contribution in [2.45, 2.75) is 49.4 Å². The Labute approximate surface area is 171 Å². The molecule has 2 amide bonds. The van der Waals surface area contributed by atoms with Crippen LogP contribution in [0.25, 0.3) is 0 Å². The minimum atomic E-state index is -0.982. The highest BCUT2D eigenvalue weighted by molar-refractivity contribution is 8.00. The van der Waals surface area contributed by atoms with Gasteiger partial charge in [-0.05, 0) is 50.8 Å². The van der Waals surface area contributed by atoms with E-state index >= 15 is 0 Å². The van der Waals surface area contributed by atoms with Gasteiger partial charge in [0, 0.05) is 9.77 Å². The van der Waals surface area contributed by atoms with Gasteiger partial charge in [-0.15, -0.1) is 23.1 Å². The van der Waals surface area contributed by atoms with Gasteiger partial charge in [-0.3, -0.25) is 14.4 Å². The van der Waals surface area contributed by atoms with Crippen LogP contribution in [0.15, 0.2) is 35.2 Å². The number of primary amides is 1. The fraction of sp³-hybridized carbons (Fsp3) is 0.350. The minimum Gasteiger partial charge on any atom is -0.452 e. The molecule has 0 aliphatic heterocycles. The largest absolute Gasteiger partial charge is 0.452 e. The highest BCUT2D eigenvalue weighted by Crippen LogP contribution is 2.38. The second-order valence-corrected chi connectivity index (χ2v) is 9.09. The van der Waals surface area contributed by atoms with Crippen molar-refractivity contribution in [3.05, 3.63) is 46.3 Å². The smallest absolute Gasteiger partial charge is 0.319 e. The standard InChI is InChI=1S/C20H22N2O4S2/c1-11(26-20(25)12(2)27-13-7-4-3-5-8-13)18(24)22-19-16(17(21)23)14-9-6-10-15(14)28-19/h3-5,7-8,11-12H,6,9-10H2,1-2H3,(H2,21,23)(H,22,24). The monoisotopic (exact) mass is 418 g/mol. The molecule has 8 heteroatoms. The van der Waals surface area contributed by atoms with Crippen LogP contribution in [0.3, 0.4) is 0 Å². The summed E-state index contributed by atoms with van der Waals surface area (Å²) < 4.78 is 5.31. The molecule has 6 nitrogen and oxygen atoms in total. The van der Waals surface area contributed by atoms with Crippen LogP contribution < -0.4 is 11.1 Å². The third-order valence-corrected chi connectivity index (χ3v) is 6.75. The van der Waals surface area contributed by atoms with Crippen LogP contribution in [0, 0.1) is 0 Å². The molecule has 2 atom stereocenters. The zero-order valence-electron chi connectivity index (χ0n) is 15.7. The summed E-state index contributed by atoms with van der Waals surface area (Å²) in [7, 11) is 0. The first-order valence-electron chi connectivity index (χ1n) is 9.04. The molecule has 0 fully saturated rings. The van der Waals surface area contributed by atoms with Crippen LogP contribution in [-0.2, 0) is 27.2 Å². The molecule has 2 unspecified atom stereocenters. The number of fused-ring (bicyclic) bond motifs is 1. The quantitative estimate of drug-likeness (QED) is 0.530. The summed E-state index contributed by atoms with van der Waals surface area (Å²) in [5.74, 6) is -1.50. The van der Waals surface area contributed by atoms with Crippen LogP contribution in [0.5, 0.6) is 0 Å². The molecule has 1 aromatic carbocycles. The van der Waals surface area contributed by atoms with Crippen molar-refractivity contribution in [3.8, 4) is 0 Å². The Morgan fingerprint density at radius 3 is 2.57 bits per heavy atom. The van der Waals surface area contributed by atoms with Crippen LogP contribution in [0.2, 0.25) is 0 Å². The van der Waals surface area contributed by atoms with E-state index in [0.717, 1.165) is 34.6 Å². The fourth-order valence-electron chi connectivity index (χ4n) is 3.04. The number of esters is 1. The average molecular weight is 419 g/mol. The number of carbonyl (C=O) groups excluding carboxylic acids is 3. The number of hydrogen-bond donors (Lipinski definition) is 2. The number of nitrogens with one attached hydrogen (secondary N) is 1. The Morgan fingerprint density at radius 2 is 1.89 bits per heavy atom. The molecule has 1 aliphatic rings. The highest BCUT2D eigenvalue weighted by atomic mass is 32.2. The van der Waals surface area contributed by atoms with Crippen LogP contribution >= 0.6 is 23.1 Å². The van der Waals surface area contributed by atoms with Crippen molar-refractivity contribution >= 4 is 45.9 Å². The molecule has 0 saturated heterocycles. The lowest BCUT2D eigenvalue weighted by molar-refractivity contribution is -0.152. The molecule has 1 aliphatic carbocycles. The van der Waals surface area contributed by atoms with Crippen LogP contribution in [-0.4, -0.2) is 29.1 Å². The maximum absolute atomic E-state index is 12.5. The van der Waals surface area contributed by atoms with E-state index in [9.17, 15) is 14.4 Å². The second kappa shape index (κ2) is 8.79. The Kier molecular flexibility index (Phi) is 6.41. The molecule has 0 bridgehead atoms. The molecule has 3 rings (SSSR count). The molecule has 1 aromatic heterocycles. The van der Waals surface area contributed by atoms with E-state index in [4.69, 9.17) is 10.5 Å². The summed E-state index contributed by atoms with van der Waals surface area (Å²) >= 11 is 2.74. The number of thiophene rings is 1. The average Bonchev–Trinajstić information content (AvgIpc) is 3.22. The van der Waals surface area contributed by atoms with Gasteiger partial charge in [-0.2, -0.15) is 0 Å². The molecule has 148 valence electrons. The number of anilines is 1. The van der Waals surface area contributed by atoms with E-state index in [2.05, 4.69) is 5.32 Å². The highest BCUT2D eigenvalue weighted by Gasteiger charge is 2.28. The maximum Gasteiger partial charge on any atom is 0.319 e. The number of nitrogens with two attached hydrogens (primary N) is 1. The summed E-state index contributed by atoms with van der Waals surface area (Å²) in [6, 6.07) is 9.51. The van der Waals surface area contributed by atoms with Crippen molar-refractivity contribution in [2.75, 3.05) is 5.32 Å². The summed E-state index contributed by atoms with van der Waals surface area (Å²) in [5, 5.41) is 2.70. The van der Waals surface area contributed by atoms with E-state index in [-0.39, 0.29) is 0 Å². The Hall–Kier alpha value is -2.32. The first-order chi connectivity index (χ1) is 13.4. The summed E-state index contributed by atoms with van der Waals surface area (Å²) in [4.78, 5) is 38.7. The first kappa shape index (κ1) is 20.4. The van der Waals surface area contributed by atoms with Crippen molar-refractivity contribution in [3.63, 3.8) is 0 Å². The van der Waals surface area contributed by atoms with E-state index in [1.54, 1.807) is 6.92 Å². The number of carbonyl (C=O) groups is 3. The SMILES string of the molecule is CC(OC(=O)C(C)Sc1ccccc1)C(=O)Nc1sc2c(c1C(N)=O)CCC2. The summed E-state index contributed by atoms with van der Waals surface area (Å²) in [5.41, 5.74) is 6.83. The molecule has 3 N–H and O–H groups in total. The summed E-state index contributed by atoms with van der Waals surface area (Å²) in [6.07, 6.45) is 1.68. The van der Waals surface area contributed by atoms with Gasteiger partial charge in [0.05, 0.1) is 5.56 Å². The van der Waals surface area contributed by atoms with Gasteiger partial charge in [-0.25, -0.2) is 0 Å². The first-order valence-corrected chi connectivity index (χ1v) is 10.7. The summed E-state index contributed by atoms with van der Waals surface area (Å²) in [6.45, 7) is 3.25. The topological polar surface area (TPSA) is 98.5 Å². The predicted octanol–water partition coefficient (Wildman–Crippen LogP) is 3.39. The van der Waals surface area contributed by atoms with Crippen molar-refractivity contribution in [1.82, 2.24) is 0 Å². The number of hydrogen-bond acceptors (Lipinski definition) is 6. The van der Waals surface area contributed by atoms with Crippen molar-refractivity contribution in [2.24, 2.45) is 5.73 Å². The third kappa shape index (κ3) is 4.56. The van der Waals surface area contributed by atoms with Gasteiger partial charge in [-0.1, -0.05) is 18.2 Å². The van der Waals surface area contributed by atoms with Gasteiger partial charge < -0.3 is 15.8 Å². The van der Waals surface area contributed by atoms with Crippen molar-refractivity contribution in [1.29, 1.82) is 0 Å². The molecule has 0 spiro atoms. The number of rotatable bonds is 7. The van der Waals surface area contributed by atoms with E-state index < -0.39 is 29.1 Å². The zero-order chi connectivity index (χ0) is 20.3. The normalized spacial score (nSPS) is 14.8. The molecular formula is C20H22N2O4S2. The molecule has 0 saturated carbocycles. The van der Waals surface area contributed by atoms with Crippen molar-refractivity contribution < 1.29 is 19.1 Å². The Morgan fingerprint density at radius 1 is 1.18 bits per heavy atom. The van der Waals surface area contributed by atoms with Gasteiger partial charge in [0.25, 0.3) is 11.8 Å². The van der Waals surface area contributed by atoms with Gasteiger partial charge in [0.15, 0.2) is 6.10 Å². The molecule has 28 heavy (non-hydrogen) atoms. The lowest BCUT2D eigenvalue weighted by Crippen LogP contribution is -2.32. The molecule has 0 radical (unpaired) electrons. The van der Waals surface area contributed by atoms with E-state index in [1.165, 1.54) is 30.0 Å². The lowest BCUT2D eigenvalue weighted by atomic mass is 10.1. The predicted molar refractivity (Wildman–Crippen MR) is 111 cm³/mol. The maximum atomic E-state index is 12.5. The Bertz CT molecular complexity index is 895. The van der Waals surface area contributed by atoms with Crippen LogP contribution in [0.4, 0.5) is 5.00 Å². The second-order valence-electron chi connectivity index (χ2n) is 6.57. The van der Waals surface area contributed by atoms with Gasteiger partial charge in [0.2, 0.25) is 0 Å². The van der Waals surface area contributed by atoms with Crippen LogP contribution in [0.1, 0.15) is 41.1 Å². The zero-order valence-corrected chi connectivity index (χ0v) is 17.3. The third-order valence-electron chi connectivity index (χ3n) is 4.45. The molecule has 2 aromatic rings. The fourth-order valence-corrected chi connectivity index (χ4v) is 5.21. The van der Waals surface area contributed by atoms with Gasteiger partial charge >= 0.3 is 5.97 Å². The number of ether oxygens (including phenoxy) is 1. The van der Waals surface area contributed by atoms with E-state index in [0.29, 0.717) is 10.6 Å². The number of amides is 2. The molecular weight excluding hydrogens is 396 g/mol. The van der Waals surface area contributed by atoms with Gasteiger partial charge in [0.1, 0.15) is 10.3 Å².